The summed E-state index contributed by atoms with van der Waals surface area (Å²) in [6.07, 6.45) is 1.57. The Morgan fingerprint density at radius 2 is 1.82 bits per heavy atom. The fourth-order valence-corrected chi connectivity index (χ4v) is 5.07. The molecule has 2 aromatic heterocycles. The molecule has 0 radical (unpaired) electrons. The van der Waals surface area contributed by atoms with E-state index in [0.29, 0.717) is 28.4 Å². The summed E-state index contributed by atoms with van der Waals surface area (Å²) in [7, 11) is 4.07. The van der Waals surface area contributed by atoms with Gasteiger partial charge in [0.2, 0.25) is 0 Å². The number of nitrogens with zero attached hydrogens (tertiary/aromatic N) is 4. The summed E-state index contributed by atoms with van der Waals surface area (Å²) in [5.74, 6) is 3.02. The number of carbonyl (C=O) groups excluding carboxylic acids is 1. The summed E-state index contributed by atoms with van der Waals surface area (Å²) in [5, 5.41) is 5.08. The Bertz CT molecular complexity index is 1480. The molecule has 1 amide bonds. The molecule has 0 aliphatic carbocycles. The van der Waals surface area contributed by atoms with Crippen molar-refractivity contribution in [3.05, 3.63) is 39.6 Å². The molecule has 4 rings (SSSR count). The van der Waals surface area contributed by atoms with Gasteiger partial charge in [-0.25, -0.2) is 18.6 Å². The molecule has 3 heterocycles. The number of nitrogens with two attached hydrogens (primary N) is 1. The molecule has 1 saturated heterocycles. The van der Waals surface area contributed by atoms with Gasteiger partial charge in [0.25, 0.3) is 0 Å². The van der Waals surface area contributed by atoms with Crippen molar-refractivity contribution in [3.63, 3.8) is 0 Å². The van der Waals surface area contributed by atoms with Crippen LogP contribution >= 0.6 is 15.9 Å². The fraction of sp³-hybridized carbons (Fsp3) is 0.444. The van der Waals surface area contributed by atoms with Crippen molar-refractivity contribution in [2.75, 3.05) is 40.2 Å². The third kappa shape index (κ3) is 5.64. The Morgan fingerprint density at radius 1 is 1.18 bits per heavy atom. The molecule has 1 aliphatic rings. The zero-order chi connectivity index (χ0) is 29.4. The average Bonchev–Trinajstić information content (AvgIpc) is 3.48. The number of aromatic nitrogens is 3. The Balaban J connectivity index is 1.82. The van der Waals surface area contributed by atoms with Crippen LogP contribution in [0.3, 0.4) is 0 Å². The highest BCUT2D eigenvalue weighted by molar-refractivity contribution is 9.10. The molecule has 13 heteroatoms. The van der Waals surface area contributed by atoms with Gasteiger partial charge in [0.15, 0.2) is 23.1 Å². The number of rotatable bonds is 5. The first-order valence-electron chi connectivity index (χ1n) is 12.3. The number of fused-ring (bicyclic) bond motifs is 1. The molecule has 0 spiro atoms. The number of anilines is 1. The van der Waals surface area contributed by atoms with Crippen molar-refractivity contribution in [2.24, 2.45) is 0 Å². The lowest BCUT2D eigenvalue weighted by molar-refractivity contribution is 0.0145. The number of pyridine rings is 1. The highest BCUT2D eigenvalue weighted by Gasteiger charge is 2.40. The first-order valence-corrected chi connectivity index (χ1v) is 13.1. The molecule has 214 valence electrons. The lowest BCUT2D eigenvalue weighted by Crippen LogP contribution is -2.41. The summed E-state index contributed by atoms with van der Waals surface area (Å²) in [5.41, 5.74) is 5.74. The highest BCUT2D eigenvalue weighted by atomic mass is 79.9. The van der Waals surface area contributed by atoms with Gasteiger partial charge < -0.3 is 29.6 Å². The Hall–Kier alpha value is -3.63. The molecule has 3 aromatic rings. The predicted octanol–water partition coefficient (Wildman–Crippen LogP) is 4.67. The molecule has 2 atom stereocenters. The maximum Gasteiger partial charge on any atom is 0.410 e. The molecule has 1 aliphatic heterocycles. The van der Waals surface area contributed by atoms with Crippen molar-refractivity contribution in [1.82, 2.24) is 19.7 Å². The van der Waals surface area contributed by atoms with E-state index in [-0.39, 0.29) is 41.6 Å². The summed E-state index contributed by atoms with van der Waals surface area (Å²) in [6, 6.07) is 0.518. The zero-order valence-corrected chi connectivity index (χ0v) is 24.6. The number of halogens is 3. The van der Waals surface area contributed by atoms with E-state index >= 15 is 0 Å². The minimum atomic E-state index is -0.976. The number of ether oxygens (including phenoxy) is 4. The van der Waals surface area contributed by atoms with Crippen LogP contribution in [0.25, 0.3) is 10.9 Å². The second kappa shape index (κ2) is 11.5. The number of likely N-dealkylation sites (tertiary alicyclic amines) is 1. The summed E-state index contributed by atoms with van der Waals surface area (Å²) >= 11 is 3.52. The lowest BCUT2D eigenvalue weighted by atomic mass is 10.1. The van der Waals surface area contributed by atoms with Gasteiger partial charge in [-0.15, -0.1) is 0 Å². The third-order valence-electron chi connectivity index (χ3n) is 6.31. The van der Waals surface area contributed by atoms with Crippen molar-refractivity contribution >= 4 is 38.7 Å². The maximum atomic E-state index is 15.0. The third-order valence-corrected chi connectivity index (χ3v) is 6.89. The number of benzene rings is 1. The molecular formula is C27H30BrF2N5O5. The molecule has 1 fully saturated rings. The molecule has 0 unspecified atom stereocenters. The largest absolute Gasteiger partial charge is 0.493 e. The zero-order valence-electron chi connectivity index (χ0n) is 23.0. The van der Waals surface area contributed by atoms with E-state index in [0.717, 1.165) is 6.07 Å². The number of amides is 1. The minimum Gasteiger partial charge on any atom is -0.493 e. The van der Waals surface area contributed by atoms with Crippen LogP contribution in [0.15, 0.2) is 16.7 Å². The number of hydrogen-bond acceptors (Lipinski definition) is 8. The van der Waals surface area contributed by atoms with Gasteiger partial charge in [-0.05, 0) is 49.0 Å². The van der Waals surface area contributed by atoms with Crippen molar-refractivity contribution in [3.8, 4) is 23.3 Å². The SMILES string of the molecule is COC[C@H]1C[C@H](n2nc(C#Cc3c(F)c(OC)cc(OC)c3F)c3c(N)ncc(Br)c32)CN1C(=O)OC(C)(C)C. The van der Waals surface area contributed by atoms with Crippen LogP contribution in [0, 0.1) is 23.5 Å². The van der Waals surface area contributed by atoms with E-state index < -0.39 is 28.9 Å². The number of hydrogen-bond donors (Lipinski definition) is 1. The standard InChI is InChI=1S/C27H30BrF2N5O5/c1-27(2,3)40-26(36)34-12-14(9-15(34)13-37-4)35-24-17(28)11-32-25(31)21(24)18(33-35)8-7-16-22(29)19(38-5)10-20(39-6)23(16)30/h10-11,14-15H,9,12-13H2,1-6H3,(H2,31,32)/t14-,15+/m0/s1. The molecule has 2 N–H and O–H groups in total. The molecule has 0 bridgehead atoms. The topological polar surface area (TPSA) is 114 Å². The molecule has 0 saturated carbocycles. The van der Waals surface area contributed by atoms with Gasteiger partial charge in [-0.3, -0.25) is 4.68 Å². The van der Waals surface area contributed by atoms with E-state index in [1.54, 1.807) is 37.5 Å². The van der Waals surface area contributed by atoms with Crippen LogP contribution in [-0.2, 0) is 9.47 Å². The van der Waals surface area contributed by atoms with Crippen molar-refractivity contribution in [2.45, 2.75) is 44.9 Å². The monoisotopic (exact) mass is 621 g/mol. The minimum absolute atomic E-state index is 0.133. The summed E-state index contributed by atoms with van der Waals surface area (Å²) < 4.78 is 53.2. The van der Waals surface area contributed by atoms with E-state index in [1.165, 1.54) is 20.4 Å². The first-order chi connectivity index (χ1) is 18.9. The van der Waals surface area contributed by atoms with Gasteiger partial charge >= 0.3 is 6.09 Å². The van der Waals surface area contributed by atoms with E-state index in [2.05, 4.69) is 37.9 Å². The quantitative estimate of drug-likeness (QED) is 0.409. The van der Waals surface area contributed by atoms with Gasteiger partial charge in [-0.2, -0.15) is 5.10 Å². The summed E-state index contributed by atoms with van der Waals surface area (Å²) in [6.45, 7) is 5.96. The Labute approximate surface area is 238 Å². The normalized spacial score (nSPS) is 17.1. The molecule has 1 aromatic carbocycles. The summed E-state index contributed by atoms with van der Waals surface area (Å²) in [4.78, 5) is 18.8. The Kier molecular flexibility index (Phi) is 8.41. The number of carbonyl (C=O) groups is 1. The van der Waals surface area contributed by atoms with Crippen LogP contribution in [-0.4, -0.2) is 71.9 Å². The second-order valence-corrected chi connectivity index (χ2v) is 11.0. The van der Waals surface area contributed by atoms with Gasteiger partial charge in [-0.1, -0.05) is 5.92 Å². The number of methoxy groups -OCH3 is 3. The Morgan fingerprint density at radius 3 is 2.40 bits per heavy atom. The molecule has 10 nitrogen and oxygen atoms in total. The fourth-order valence-electron chi connectivity index (χ4n) is 4.59. The van der Waals surface area contributed by atoms with Gasteiger partial charge in [0, 0.05) is 25.9 Å². The van der Waals surface area contributed by atoms with Gasteiger partial charge in [0.05, 0.1) is 48.3 Å². The van der Waals surface area contributed by atoms with E-state index in [9.17, 15) is 13.6 Å². The van der Waals surface area contributed by atoms with Gasteiger partial charge in [0.1, 0.15) is 22.7 Å². The van der Waals surface area contributed by atoms with Crippen molar-refractivity contribution in [1.29, 1.82) is 0 Å². The molecule has 40 heavy (non-hydrogen) atoms. The van der Waals surface area contributed by atoms with E-state index in [4.69, 9.17) is 24.7 Å². The van der Waals surface area contributed by atoms with Crippen LogP contribution in [0.4, 0.5) is 19.4 Å². The second-order valence-electron chi connectivity index (χ2n) is 10.2. The predicted molar refractivity (Wildman–Crippen MR) is 147 cm³/mol. The lowest BCUT2D eigenvalue weighted by Gasteiger charge is -2.28. The number of nitrogen functional groups attached to an aromatic ring is 1. The average molecular weight is 622 g/mol. The van der Waals surface area contributed by atoms with Crippen molar-refractivity contribution < 1.29 is 32.5 Å². The maximum absolute atomic E-state index is 15.0. The smallest absolute Gasteiger partial charge is 0.410 e. The van der Waals surface area contributed by atoms with Crippen LogP contribution < -0.4 is 15.2 Å². The van der Waals surface area contributed by atoms with E-state index in [1.807, 2.05) is 0 Å². The van der Waals surface area contributed by atoms with Crippen LogP contribution in [0.1, 0.15) is 44.5 Å². The van der Waals surface area contributed by atoms with Crippen LogP contribution in [0.2, 0.25) is 0 Å². The first kappa shape index (κ1) is 29.4. The van der Waals surface area contributed by atoms with Crippen LogP contribution in [0.5, 0.6) is 11.5 Å². The molecular weight excluding hydrogens is 592 g/mol. The highest BCUT2D eigenvalue weighted by Crippen LogP contribution is 2.37.